The van der Waals surface area contributed by atoms with Crippen LogP contribution in [0, 0.1) is 13.8 Å². The Kier molecular flexibility index (Phi) is 3.03. The Hall–Kier alpha value is -2.55. The number of hydrogen-bond acceptors (Lipinski definition) is 3. The van der Waals surface area contributed by atoms with Crippen LogP contribution in [0.5, 0.6) is 11.5 Å². The van der Waals surface area contributed by atoms with Crippen molar-refractivity contribution < 1.29 is 4.74 Å². The number of anilines is 1. The van der Waals surface area contributed by atoms with Gasteiger partial charge in [-0.3, -0.25) is 4.98 Å². The summed E-state index contributed by atoms with van der Waals surface area (Å²) in [5, 5.41) is 1.05. The number of rotatable bonds is 2. The molecule has 0 bridgehead atoms. The van der Waals surface area contributed by atoms with E-state index in [9.17, 15) is 0 Å². The number of aryl methyl sites for hydroxylation is 2. The van der Waals surface area contributed by atoms with Gasteiger partial charge in [-0.2, -0.15) is 0 Å². The molecule has 0 aliphatic heterocycles. The van der Waals surface area contributed by atoms with E-state index in [2.05, 4.69) is 31.0 Å². The third kappa shape index (κ3) is 2.30. The van der Waals surface area contributed by atoms with Crippen LogP contribution in [0.2, 0.25) is 0 Å². The first-order chi connectivity index (χ1) is 9.63. The van der Waals surface area contributed by atoms with Gasteiger partial charge in [-0.15, -0.1) is 0 Å². The van der Waals surface area contributed by atoms with E-state index in [1.807, 2.05) is 30.3 Å². The zero-order chi connectivity index (χ0) is 14.1. The molecule has 1 heterocycles. The molecule has 0 spiro atoms. The molecule has 0 radical (unpaired) electrons. The molecule has 0 unspecified atom stereocenters. The fourth-order valence-electron chi connectivity index (χ4n) is 2.38. The third-order valence-corrected chi connectivity index (χ3v) is 3.25. The second-order valence-electron chi connectivity index (χ2n) is 4.96. The van der Waals surface area contributed by atoms with Crippen molar-refractivity contribution in [1.82, 2.24) is 4.98 Å². The van der Waals surface area contributed by atoms with Gasteiger partial charge < -0.3 is 10.5 Å². The van der Waals surface area contributed by atoms with Gasteiger partial charge in [0.25, 0.3) is 0 Å². The highest BCUT2D eigenvalue weighted by molar-refractivity contribution is 5.88. The quantitative estimate of drug-likeness (QED) is 0.705. The second kappa shape index (κ2) is 4.85. The number of aromatic nitrogens is 1. The Morgan fingerprint density at radius 1 is 1.00 bits per heavy atom. The summed E-state index contributed by atoms with van der Waals surface area (Å²) in [6.45, 7) is 4.15. The lowest BCUT2D eigenvalue weighted by molar-refractivity contribution is 0.488. The maximum absolute atomic E-state index is 5.97. The molecule has 2 N–H and O–H groups in total. The normalized spacial score (nSPS) is 10.7. The number of nitrogen functional groups attached to an aromatic ring is 1. The molecule has 0 saturated heterocycles. The Balaban J connectivity index is 2.09. The molecule has 3 aromatic rings. The number of nitrogens with two attached hydrogens (primary N) is 1. The first kappa shape index (κ1) is 12.5. The van der Waals surface area contributed by atoms with Gasteiger partial charge in [0.15, 0.2) is 0 Å². The molecule has 0 amide bonds. The largest absolute Gasteiger partial charge is 0.457 e. The summed E-state index contributed by atoms with van der Waals surface area (Å²) in [4.78, 5) is 4.42. The van der Waals surface area contributed by atoms with Gasteiger partial charge in [0.2, 0.25) is 0 Å². The van der Waals surface area contributed by atoms with Crippen LogP contribution in [0.4, 0.5) is 5.69 Å². The highest BCUT2D eigenvalue weighted by atomic mass is 16.5. The highest BCUT2D eigenvalue weighted by Crippen LogP contribution is 2.32. The van der Waals surface area contributed by atoms with Crippen molar-refractivity contribution in [1.29, 1.82) is 0 Å². The smallest absolute Gasteiger partial charge is 0.138 e. The SMILES string of the molecule is Cc1cc(C)c2c(Oc3ccc(N)cc3)ccnc2c1. The lowest BCUT2D eigenvalue weighted by Crippen LogP contribution is -1.91. The van der Waals surface area contributed by atoms with Crippen molar-refractivity contribution in [3.63, 3.8) is 0 Å². The fraction of sp³-hybridized carbons (Fsp3) is 0.118. The molecule has 100 valence electrons. The van der Waals surface area contributed by atoms with Gasteiger partial charge in [0.1, 0.15) is 11.5 Å². The van der Waals surface area contributed by atoms with E-state index >= 15 is 0 Å². The zero-order valence-electron chi connectivity index (χ0n) is 11.6. The number of pyridine rings is 1. The van der Waals surface area contributed by atoms with Crippen molar-refractivity contribution in [3.8, 4) is 11.5 Å². The average Bonchev–Trinajstić information content (AvgIpc) is 2.41. The van der Waals surface area contributed by atoms with Crippen LogP contribution in [-0.2, 0) is 0 Å². The lowest BCUT2D eigenvalue weighted by Gasteiger charge is -2.11. The molecule has 0 atom stereocenters. The molecular formula is C17H16N2O. The molecule has 2 aromatic carbocycles. The van der Waals surface area contributed by atoms with E-state index in [-0.39, 0.29) is 0 Å². The molecule has 0 aliphatic carbocycles. The molecule has 3 heteroatoms. The number of fused-ring (bicyclic) bond motifs is 1. The van der Waals surface area contributed by atoms with E-state index in [1.165, 1.54) is 11.1 Å². The summed E-state index contributed by atoms with van der Waals surface area (Å²) in [7, 11) is 0. The minimum atomic E-state index is 0.726. The van der Waals surface area contributed by atoms with E-state index in [1.54, 1.807) is 6.20 Å². The van der Waals surface area contributed by atoms with Crippen molar-refractivity contribution >= 4 is 16.6 Å². The van der Waals surface area contributed by atoms with Crippen LogP contribution < -0.4 is 10.5 Å². The average molecular weight is 264 g/mol. The van der Waals surface area contributed by atoms with E-state index in [0.29, 0.717) is 0 Å². The van der Waals surface area contributed by atoms with Crippen molar-refractivity contribution in [3.05, 3.63) is 59.8 Å². The van der Waals surface area contributed by atoms with E-state index in [0.717, 1.165) is 28.1 Å². The van der Waals surface area contributed by atoms with Crippen LogP contribution >= 0.6 is 0 Å². The van der Waals surface area contributed by atoms with Gasteiger partial charge in [0, 0.05) is 17.3 Å². The molecule has 3 rings (SSSR count). The van der Waals surface area contributed by atoms with Crippen molar-refractivity contribution in [2.24, 2.45) is 0 Å². The third-order valence-electron chi connectivity index (χ3n) is 3.25. The van der Waals surface area contributed by atoms with Crippen molar-refractivity contribution in [2.45, 2.75) is 13.8 Å². The summed E-state index contributed by atoms with van der Waals surface area (Å²) in [5.41, 5.74) is 9.73. The number of hydrogen-bond donors (Lipinski definition) is 1. The van der Waals surface area contributed by atoms with Crippen LogP contribution in [0.3, 0.4) is 0 Å². The monoisotopic (exact) mass is 264 g/mol. The van der Waals surface area contributed by atoms with Crippen LogP contribution in [0.25, 0.3) is 10.9 Å². The predicted molar refractivity (Wildman–Crippen MR) is 82.1 cm³/mol. The molecule has 0 fully saturated rings. The van der Waals surface area contributed by atoms with Gasteiger partial charge >= 0.3 is 0 Å². The van der Waals surface area contributed by atoms with E-state index < -0.39 is 0 Å². The van der Waals surface area contributed by atoms with Gasteiger partial charge in [-0.25, -0.2) is 0 Å². The second-order valence-corrected chi connectivity index (χ2v) is 4.96. The lowest BCUT2D eigenvalue weighted by atomic mass is 10.1. The highest BCUT2D eigenvalue weighted by Gasteiger charge is 2.08. The van der Waals surface area contributed by atoms with Gasteiger partial charge in [-0.1, -0.05) is 6.07 Å². The molecule has 0 aliphatic rings. The predicted octanol–water partition coefficient (Wildman–Crippen LogP) is 4.23. The molecular weight excluding hydrogens is 248 g/mol. The summed E-state index contributed by atoms with van der Waals surface area (Å²) in [5.74, 6) is 1.59. The molecule has 0 saturated carbocycles. The molecule has 1 aromatic heterocycles. The summed E-state index contributed by atoms with van der Waals surface area (Å²) in [6.07, 6.45) is 1.77. The summed E-state index contributed by atoms with van der Waals surface area (Å²) in [6, 6.07) is 13.5. The first-order valence-corrected chi connectivity index (χ1v) is 6.53. The standard InChI is InChI=1S/C17H16N2O/c1-11-9-12(2)17-15(10-11)19-8-7-16(17)20-14-5-3-13(18)4-6-14/h3-10H,18H2,1-2H3. The van der Waals surface area contributed by atoms with Crippen LogP contribution in [0.1, 0.15) is 11.1 Å². The maximum Gasteiger partial charge on any atom is 0.138 e. The number of ether oxygens (including phenoxy) is 1. The topological polar surface area (TPSA) is 48.1 Å². The molecule has 3 nitrogen and oxygen atoms in total. The van der Waals surface area contributed by atoms with Gasteiger partial charge in [0.05, 0.1) is 5.52 Å². The van der Waals surface area contributed by atoms with Crippen molar-refractivity contribution in [2.75, 3.05) is 5.73 Å². The zero-order valence-corrected chi connectivity index (χ0v) is 11.6. The minimum absolute atomic E-state index is 0.726. The van der Waals surface area contributed by atoms with E-state index in [4.69, 9.17) is 10.5 Å². The fourth-order valence-corrected chi connectivity index (χ4v) is 2.38. The Bertz CT molecular complexity index is 764. The van der Waals surface area contributed by atoms with Gasteiger partial charge in [-0.05, 0) is 61.4 Å². The number of benzene rings is 2. The van der Waals surface area contributed by atoms with Crippen LogP contribution in [0.15, 0.2) is 48.7 Å². The summed E-state index contributed by atoms with van der Waals surface area (Å²) >= 11 is 0. The molecule has 20 heavy (non-hydrogen) atoms. The number of nitrogens with zero attached hydrogens (tertiary/aromatic N) is 1. The summed E-state index contributed by atoms with van der Waals surface area (Å²) < 4.78 is 5.97. The Morgan fingerprint density at radius 2 is 1.75 bits per heavy atom. The Labute approximate surface area is 118 Å². The Morgan fingerprint density at radius 3 is 2.50 bits per heavy atom. The first-order valence-electron chi connectivity index (χ1n) is 6.53. The maximum atomic E-state index is 5.97. The minimum Gasteiger partial charge on any atom is -0.457 e. The van der Waals surface area contributed by atoms with Crippen LogP contribution in [-0.4, -0.2) is 4.98 Å².